The molecule has 0 atom stereocenters. The molecule has 1 aliphatic carbocycles. The normalized spacial score (nSPS) is 18.3. The fourth-order valence-electron chi connectivity index (χ4n) is 3.80. The molecule has 2 aromatic heterocycles. The second-order valence-electron chi connectivity index (χ2n) is 7.69. The minimum atomic E-state index is -0.0528. The van der Waals surface area contributed by atoms with Gasteiger partial charge in [-0.2, -0.15) is 4.98 Å². The zero-order valence-corrected chi connectivity index (χ0v) is 16.8. The smallest absolute Gasteiger partial charge is 0.253 e. The first-order valence-corrected chi connectivity index (χ1v) is 10.0. The number of carbonyl (C=O) groups excluding carboxylic acids is 1. The number of fused-ring (bicyclic) bond motifs is 1. The van der Waals surface area contributed by atoms with E-state index in [1.165, 1.54) is 0 Å². The molecule has 1 fully saturated rings. The quantitative estimate of drug-likeness (QED) is 0.669. The second kappa shape index (κ2) is 9.52. The number of hydrogen-bond donors (Lipinski definition) is 2. The van der Waals surface area contributed by atoms with E-state index in [9.17, 15) is 4.79 Å². The predicted octanol–water partition coefficient (Wildman–Crippen LogP) is 3.88. The van der Waals surface area contributed by atoms with Crippen LogP contribution in [0.5, 0.6) is 0 Å². The first kappa shape index (κ1) is 21.5. The van der Waals surface area contributed by atoms with Gasteiger partial charge < -0.3 is 15.5 Å². The number of aromatic nitrogens is 3. The van der Waals surface area contributed by atoms with Gasteiger partial charge in [0, 0.05) is 44.0 Å². The molecule has 1 aliphatic rings. The Morgan fingerprint density at radius 2 is 1.73 bits per heavy atom. The topological polar surface area (TPSA) is 83.0 Å². The van der Waals surface area contributed by atoms with Crippen LogP contribution in [0.25, 0.3) is 10.9 Å². The van der Waals surface area contributed by atoms with Gasteiger partial charge in [-0.1, -0.05) is 19.6 Å². The minimum Gasteiger partial charge on any atom is -0.362 e. The summed E-state index contributed by atoms with van der Waals surface area (Å²) in [5, 5.41) is 7.67. The molecular weight excluding hydrogens is 376 g/mol. The molecule has 1 saturated carbocycles. The third kappa shape index (κ3) is 4.84. The second-order valence-corrected chi connectivity index (χ2v) is 7.69. The van der Waals surface area contributed by atoms with Gasteiger partial charge in [0.25, 0.3) is 5.91 Å². The molecule has 0 bridgehead atoms. The molecule has 158 valence electrons. The van der Waals surface area contributed by atoms with E-state index in [1.54, 1.807) is 24.5 Å². The number of anilines is 2. The van der Waals surface area contributed by atoms with Gasteiger partial charge in [0.1, 0.15) is 5.82 Å². The van der Waals surface area contributed by atoms with Crippen molar-refractivity contribution in [3.63, 3.8) is 0 Å². The van der Waals surface area contributed by atoms with Gasteiger partial charge in [-0.3, -0.25) is 9.78 Å². The lowest BCUT2D eigenvalue weighted by Crippen LogP contribution is -2.40. The van der Waals surface area contributed by atoms with Gasteiger partial charge >= 0.3 is 0 Å². The summed E-state index contributed by atoms with van der Waals surface area (Å²) in [7, 11) is 3.99. The molecule has 4 rings (SSSR count). The summed E-state index contributed by atoms with van der Waals surface area (Å²) in [5.41, 5.74) is 1.54. The Labute approximate surface area is 177 Å². The van der Waals surface area contributed by atoms with Crippen molar-refractivity contribution in [2.45, 2.75) is 45.2 Å². The molecule has 0 radical (unpaired) electrons. The first-order valence-electron chi connectivity index (χ1n) is 10.0. The van der Waals surface area contributed by atoms with Crippen LogP contribution in [0.1, 0.15) is 43.5 Å². The lowest BCUT2D eigenvalue weighted by Gasteiger charge is -2.30. The maximum atomic E-state index is 12.3. The number of amides is 1. The third-order valence-corrected chi connectivity index (χ3v) is 5.33. The monoisotopic (exact) mass is 406 g/mol. The maximum Gasteiger partial charge on any atom is 0.253 e. The summed E-state index contributed by atoms with van der Waals surface area (Å²) in [4.78, 5) is 27.8. The molecule has 3 aromatic rings. The molecule has 0 aliphatic heterocycles. The minimum absolute atomic E-state index is 0. The van der Waals surface area contributed by atoms with Crippen molar-refractivity contribution >= 4 is 28.6 Å². The molecule has 0 unspecified atom stereocenters. The van der Waals surface area contributed by atoms with Crippen molar-refractivity contribution in [1.29, 1.82) is 0 Å². The standard InChI is InChI=1S/C22H26N6O.CH4/c1-28(2)20-18-7-3-4-8-19(18)26-22(27-20)25-17-11-9-16(10-12-17)24-21(29)15-6-5-13-23-14-15;/h3-8,13-14,16-17H,9-12H2,1-2H3,(H,24,29)(H,25,26,27);1H4. The van der Waals surface area contributed by atoms with Crippen LogP contribution in [0, 0.1) is 0 Å². The highest BCUT2D eigenvalue weighted by Crippen LogP contribution is 2.26. The van der Waals surface area contributed by atoms with Crippen molar-refractivity contribution in [1.82, 2.24) is 20.3 Å². The van der Waals surface area contributed by atoms with E-state index in [2.05, 4.69) is 15.6 Å². The molecular formula is C23H30N6O. The van der Waals surface area contributed by atoms with Crippen LogP contribution in [-0.2, 0) is 0 Å². The number of nitrogens with one attached hydrogen (secondary N) is 2. The van der Waals surface area contributed by atoms with E-state index in [0.717, 1.165) is 42.4 Å². The zero-order valence-electron chi connectivity index (χ0n) is 16.8. The highest BCUT2D eigenvalue weighted by molar-refractivity contribution is 5.94. The Hall–Kier alpha value is -3.22. The summed E-state index contributed by atoms with van der Waals surface area (Å²) in [6.07, 6.45) is 7.05. The molecule has 0 saturated heterocycles. The predicted molar refractivity (Wildman–Crippen MR) is 122 cm³/mol. The number of pyridine rings is 1. The fourth-order valence-corrected chi connectivity index (χ4v) is 3.80. The summed E-state index contributed by atoms with van der Waals surface area (Å²) in [5.74, 6) is 1.52. The Morgan fingerprint density at radius 3 is 2.43 bits per heavy atom. The summed E-state index contributed by atoms with van der Waals surface area (Å²) in [6.45, 7) is 0. The lowest BCUT2D eigenvalue weighted by atomic mass is 9.91. The van der Waals surface area contributed by atoms with Gasteiger partial charge in [0.05, 0.1) is 11.1 Å². The van der Waals surface area contributed by atoms with Gasteiger partial charge in [-0.05, 0) is 49.9 Å². The van der Waals surface area contributed by atoms with Crippen LogP contribution in [0.2, 0.25) is 0 Å². The van der Waals surface area contributed by atoms with Gasteiger partial charge in [0.15, 0.2) is 0 Å². The van der Waals surface area contributed by atoms with Crippen LogP contribution in [-0.4, -0.2) is 47.0 Å². The summed E-state index contributed by atoms with van der Waals surface area (Å²) >= 11 is 0. The van der Waals surface area contributed by atoms with Crippen molar-refractivity contribution in [2.75, 3.05) is 24.3 Å². The number of rotatable bonds is 5. The van der Waals surface area contributed by atoms with Crippen molar-refractivity contribution < 1.29 is 4.79 Å². The van der Waals surface area contributed by atoms with Crippen LogP contribution < -0.4 is 15.5 Å². The Morgan fingerprint density at radius 1 is 1.00 bits per heavy atom. The molecule has 2 heterocycles. The Balaban J connectivity index is 0.00000256. The average molecular weight is 407 g/mol. The van der Waals surface area contributed by atoms with Gasteiger partial charge in [0.2, 0.25) is 5.95 Å². The number of hydrogen-bond acceptors (Lipinski definition) is 6. The Bertz CT molecular complexity index is 983. The van der Waals surface area contributed by atoms with Crippen molar-refractivity contribution in [3.8, 4) is 0 Å². The number of carbonyl (C=O) groups is 1. The highest BCUT2D eigenvalue weighted by atomic mass is 16.1. The van der Waals surface area contributed by atoms with Crippen LogP contribution >= 0.6 is 0 Å². The zero-order chi connectivity index (χ0) is 20.2. The highest BCUT2D eigenvalue weighted by Gasteiger charge is 2.23. The van der Waals surface area contributed by atoms with E-state index in [-0.39, 0.29) is 19.4 Å². The Kier molecular flexibility index (Phi) is 6.82. The van der Waals surface area contributed by atoms with E-state index >= 15 is 0 Å². The van der Waals surface area contributed by atoms with E-state index < -0.39 is 0 Å². The van der Waals surface area contributed by atoms with Crippen LogP contribution in [0.15, 0.2) is 48.8 Å². The van der Waals surface area contributed by atoms with Crippen LogP contribution in [0.3, 0.4) is 0 Å². The first-order chi connectivity index (χ1) is 14.1. The van der Waals surface area contributed by atoms with Crippen molar-refractivity contribution in [3.05, 3.63) is 54.4 Å². The van der Waals surface area contributed by atoms with E-state index in [0.29, 0.717) is 17.6 Å². The largest absolute Gasteiger partial charge is 0.362 e. The maximum absolute atomic E-state index is 12.3. The third-order valence-electron chi connectivity index (χ3n) is 5.33. The van der Waals surface area contributed by atoms with Crippen LogP contribution in [0.4, 0.5) is 11.8 Å². The molecule has 30 heavy (non-hydrogen) atoms. The van der Waals surface area contributed by atoms with Gasteiger partial charge in [-0.15, -0.1) is 0 Å². The molecule has 1 amide bonds. The number of benzene rings is 1. The lowest BCUT2D eigenvalue weighted by molar-refractivity contribution is 0.0926. The summed E-state index contributed by atoms with van der Waals surface area (Å²) < 4.78 is 0. The fraction of sp³-hybridized carbons (Fsp3) is 0.391. The van der Waals surface area contributed by atoms with Crippen molar-refractivity contribution in [2.24, 2.45) is 0 Å². The summed E-state index contributed by atoms with van der Waals surface area (Å²) in [6, 6.07) is 12.1. The van der Waals surface area contributed by atoms with E-state index in [1.807, 2.05) is 43.3 Å². The molecule has 0 spiro atoms. The SMILES string of the molecule is C.CN(C)c1nc(NC2CCC(NC(=O)c3cccnc3)CC2)nc2ccccc12. The van der Waals surface area contributed by atoms with Gasteiger partial charge in [-0.25, -0.2) is 4.98 Å². The molecule has 7 nitrogen and oxygen atoms in total. The average Bonchev–Trinajstić information content (AvgIpc) is 2.75. The molecule has 7 heteroatoms. The van der Waals surface area contributed by atoms with E-state index in [4.69, 9.17) is 9.97 Å². The molecule has 2 N–H and O–H groups in total. The number of para-hydroxylation sites is 1. The number of nitrogens with zero attached hydrogens (tertiary/aromatic N) is 4. The molecule has 1 aromatic carbocycles.